The standard InChI is InChI=1S/C18H19FN2O4/c1-10(7-15(22)16-3-2-6-25-16)20-18(24)12-8-11-4-5-17(23)21-14(11)9-13(12)19/h2-3,6,8-10,15,22H,4-5,7H2,1H3,(H,20,24)(H,21,23). The number of furan rings is 1. The second kappa shape index (κ2) is 7.06. The molecule has 2 aromatic rings. The van der Waals surface area contributed by atoms with E-state index in [4.69, 9.17) is 4.42 Å². The van der Waals surface area contributed by atoms with Gasteiger partial charge in [-0.15, -0.1) is 0 Å². The first-order chi connectivity index (χ1) is 11.9. The zero-order chi connectivity index (χ0) is 18.0. The first-order valence-electron chi connectivity index (χ1n) is 8.08. The van der Waals surface area contributed by atoms with Crippen molar-refractivity contribution >= 4 is 17.5 Å². The lowest BCUT2D eigenvalue weighted by Gasteiger charge is -2.20. The van der Waals surface area contributed by atoms with Gasteiger partial charge in [0.05, 0.1) is 11.8 Å². The van der Waals surface area contributed by atoms with Gasteiger partial charge in [-0.2, -0.15) is 0 Å². The summed E-state index contributed by atoms with van der Waals surface area (Å²) < 4.78 is 19.3. The maximum atomic E-state index is 14.2. The van der Waals surface area contributed by atoms with Crippen molar-refractivity contribution in [2.24, 2.45) is 0 Å². The molecule has 2 amide bonds. The molecule has 0 radical (unpaired) electrons. The van der Waals surface area contributed by atoms with E-state index in [0.29, 0.717) is 24.3 Å². The van der Waals surface area contributed by atoms with Gasteiger partial charge in [0.2, 0.25) is 5.91 Å². The highest BCUT2D eigenvalue weighted by Crippen LogP contribution is 2.26. The lowest BCUT2D eigenvalue weighted by Crippen LogP contribution is -2.34. The van der Waals surface area contributed by atoms with Gasteiger partial charge in [0, 0.05) is 24.6 Å². The number of nitrogens with one attached hydrogen (secondary N) is 2. The van der Waals surface area contributed by atoms with Gasteiger partial charge in [0.1, 0.15) is 17.7 Å². The number of halogens is 1. The van der Waals surface area contributed by atoms with Gasteiger partial charge in [-0.1, -0.05) is 0 Å². The van der Waals surface area contributed by atoms with Gasteiger partial charge in [-0.25, -0.2) is 4.39 Å². The molecule has 25 heavy (non-hydrogen) atoms. The molecule has 2 heterocycles. The van der Waals surface area contributed by atoms with Crippen LogP contribution in [0.4, 0.5) is 10.1 Å². The average molecular weight is 346 g/mol. The number of aryl methyl sites for hydroxylation is 1. The van der Waals surface area contributed by atoms with Crippen LogP contribution < -0.4 is 10.6 Å². The lowest BCUT2D eigenvalue weighted by atomic mass is 9.99. The molecule has 2 atom stereocenters. The van der Waals surface area contributed by atoms with Crippen LogP contribution in [0.25, 0.3) is 0 Å². The van der Waals surface area contributed by atoms with Crippen LogP contribution in [0, 0.1) is 5.82 Å². The third kappa shape index (κ3) is 3.88. The molecular formula is C18H19FN2O4. The molecule has 1 aliphatic heterocycles. The van der Waals surface area contributed by atoms with Crippen molar-refractivity contribution in [3.05, 3.63) is 53.2 Å². The minimum atomic E-state index is -0.853. The molecule has 132 valence electrons. The van der Waals surface area contributed by atoms with E-state index in [1.165, 1.54) is 18.4 Å². The summed E-state index contributed by atoms with van der Waals surface area (Å²) in [5.74, 6) is -1.00. The smallest absolute Gasteiger partial charge is 0.254 e. The zero-order valence-electron chi connectivity index (χ0n) is 13.7. The fraction of sp³-hybridized carbons (Fsp3) is 0.333. The number of fused-ring (bicyclic) bond motifs is 1. The molecule has 6 nitrogen and oxygen atoms in total. The number of rotatable bonds is 5. The fourth-order valence-corrected chi connectivity index (χ4v) is 2.87. The summed E-state index contributed by atoms with van der Waals surface area (Å²) in [6.45, 7) is 1.72. The predicted octanol–water partition coefficient (Wildman–Crippen LogP) is 2.55. The van der Waals surface area contributed by atoms with Crippen LogP contribution in [0.3, 0.4) is 0 Å². The quantitative estimate of drug-likeness (QED) is 0.776. The second-order valence-electron chi connectivity index (χ2n) is 6.18. The second-order valence-corrected chi connectivity index (χ2v) is 6.18. The maximum absolute atomic E-state index is 14.2. The Morgan fingerprint density at radius 1 is 1.44 bits per heavy atom. The highest BCUT2D eigenvalue weighted by molar-refractivity contribution is 5.98. The summed E-state index contributed by atoms with van der Waals surface area (Å²) >= 11 is 0. The summed E-state index contributed by atoms with van der Waals surface area (Å²) in [4.78, 5) is 23.7. The molecule has 0 aliphatic carbocycles. The molecule has 7 heteroatoms. The SMILES string of the molecule is CC(CC(O)c1ccco1)NC(=O)c1cc2c(cc1F)NC(=O)CC2. The summed E-state index contributed by atoms with van der Waals surface area (Å²) in [7, 11) is 0. The molecule has 1 aliphatic rings. The van der Waals surface area contributed by atoms with Crippen LogP contribution in [0.5, 0.6) is 0 Å². The average Bonchev–Trinajstić information content (AvgIpc) is 3.08. The molecule has 0 bridgehead atoms. The van der Waals surface area contributed by atoms with Crippen molar-refractivity contribution < 1.29 is 23.5 Å². The highest BCUT2D eigenvalue weighted by Gasteiger charge is 2.22. The van der Waals surface area contributed by atoms with E-state index < -0.39 is 17.8 Å². The Morgan fingerprint density at radius 2 is 2.24 bits per heavy atom. The van der Waals surface area contributed by atoms with Crippen molar-refractivity contribution in [2.45, 2.75) is 38.3 Å². The van der Waals surface area contributed by atoms with Gasteiger partial charge in [0.25, 0.3) is 5.91 Å². The maximum Gasteiger partial charge on any atom is 0.254 e. The van der Waals surface area contributed by atoms with E-state index in [2.05, 4.69) is 10.6 Å². The summed E-state index contributed by atoms with van der Waals surface area (Å²) in [5.41, 5.74) is 1.07. The highest BCUT2D eigenvalue weighted by atomic mass is 19.1. The normalized spacial score (nSPS) is 15.9. The molecule has 0 saturated heterocycles. The molecule has 3 rings (SSSR count). The molecule has 0 spiro atoms. The Hall–Kier alpha value is -2.67. The molecule has 3 N–H and O–H groups in total. The van der Waals surface area contributed by atoms with E-state index in [0.717, 1.165) is 5.56 Å². The van der Waals surface area contributed by atoms with Crippen molar-refractivity contribution in [2.75, 3.05) is 5.32 Å². The van der Waals surface area contributed by atoms with Gasteiger partial charge >= 0.3 is 0 Å². The zero-order valence-corrected chi connectivity index (χ0v) is 13.7. The van der Waals surface area contributed by atoms with Gasteiger partial charge < -0.3 is 20.2 Å². The Labute approximate surface area is 144 Å². The topological polar surface area (TPSA) is 91.6 Å². The number of benzene rings is 1. The Kier molecular flexibility index (Phi) is 4.85. The summed E-state index contributed by atoms with van der Waals surface area (Å²) in [5, 5.41) is 15.3. The largest absolute Gasteiger partial charge is 0.467 e. The van der Waals surface area contributed by atoms with Crippen molar-refractivity contribution in [3.63, 3.8) is 0 Å². The van der Waals surface area contributed by atoms with Gasteiger partial charge in [-0.05, 0) is 43.2 Å². The first kappa shape index (κ1) is 17.2. The van der Waals surface area contributed by atoms with Crippen LogP contribution in [-0.4, -0.2) is 23.0 Å². The molecule has 2 unspecified atom stereocenters. The number of carbonyl (C=O) groups is 2. The minimum absolute atomic E-state index is 0.0748. The van der Waals surface area contributed by atoms with Crippen LogP contribution >= 0.6 is 0 Å². The number of aliphatic hydroxyl groups is 1. The number of aliphatic hydroxyl groups excluding tert-OH is 1. The molecule has 1 aromatic heterocycles. The molecule has 0 fully saturated rings. The van der Waals surface area contributed by atoms with Gasteiger partial charge in [0.15, 0.2) is 0 Å². The van der Waals surface area contributed by atoms with Crippen molar-refractivity contribution in [3.8, 4) is 0 Å². The van der Waals surface area contributed by atoms with E-state index in [-0.39, 0.29) is 23.9 Å². The van der Waals surface area contributed by atoms with Gasteiger partial charge in [-0.3, -0.25) is 9.59 Å². The Morgan fingerprint density at radius 3 is 2.96 bits per heavy atom. The van der Waals surface area contributed by atoms with Crippen LogP contribution in [-0.2, 0) is 11.2 Å². The number of hydrogen-bond acceptors (Lipinski definition) is 4. The van der Waals surface area contributed by atoms with Crippen molar-refractivity contribution in [1.82, 2.24) is 5.32 Å². The van der Waals surface area contributed by atoms with Crippen molar-refractivity contribution in [1.29, 1.82) is 0 Å². The lowest BCUT2D eigenvalue weighted by molar-refractivity contribution is -0.116. The number of hydrogen-bond donors (Lipinski definition) is 3. The molecule has 1 aromatic carbocycles. The predicted molar refractivity (Wildman–Crippen MR) is 88.6 cm³/mol. The fourth-order valence-electron chi connectivity index (χ4n) is 2.87. The number of anilines is 1. The number of carbonyl (C=O) groups excluding carboxylic acids is 2. The number of amides is 2. The van der Waals surface area contributed by atoms with E-state index in [1.807, 2.05) is 0 Å². The van der Waals surface area contributed by atoms with Crippen LogP contribution in [0.1, 0.15) is 47.6 Å². The van der Waals surface area contributed by atoms with E-state index >= 15 is 0 Å². The Bertz CT molecular complexity index is 789. The van der Waals surface area contributed by atoms with Crippen LogP contribution in [0.15, 0.2) is 34.9 Å². The monoisotopic (exact) mass is 346 g/mol. The van der Waals surface area contributed by atoms with Crippen LogP contribution in [0.2, 0.25) is 0 Å². The van der Waals surface area contributed by atoms with E-state index in [1.54, 1.807) is 19.1 Å². The first-order valence-corrected chi connectivity index (χ1v) is 8.08. The summed E-state index contributed by atoms with van der Waals surface area (Å²) in [6, 6.07) is 5.57. The minimum Gasteiger partial charge on any atom is -0.467 e. The van der Waals surface area contributed by atoms with E-state index in [9.17, 15) is 19.1 Å². The summed E-state index contributed by atoms with van der Waals surface area (Å²) in [6.07, 6.45) is 1.62. The molecular weight excluding hydrogens is 327 g/mol. The molecule has 0 saturated carbocycles. The third-order valence-electron chi connectivity index (χ3n) is 4.16. The Balaban J connectivity index is 1.67. The third-order valence-corrected chi connectivity index (χ3v) is 4.16.